The van der Waals surface area contributed by atoms with Crippen LogP contribution >= 0.6 is 0 Å². The number of methoxy groups -OCH3 is 1. The van der Waals surface area contributed by atoms with Gasteiger partial charge in [0.05, 0.1) is 55.2 Å². The molecule has 1 fully saturated rings. The number of rotatable bonds is 7. The fourth-order valence-electron chi connectivity index (χ4n) is 4.46. The fourth-order valence-corrected chi connectivity index (χ4v) is 4.46. The highest BCUT2D eigenvalue weighted by Gasteiger charge is 2.29. The largest absolute Gasteiger partial charge is 0.492 e. The number of pyridine rings is 1. The predicted octanol–water partition coefficient (Wildman–Crippen LogP) is 2.96. The van der Waals surface area contributed by atoms with Crippen LogP contribution in [0.15, 0.2) is 36.7 Å². The summed E-state index contributed by atoms with van der Waals surface area (Å²) < 4.78 is 31.5. The Morgan fingerprint density at radius 1 is 1.34 bits per heavy atom. The maximum Gasteiger partial charge on any atom is 0.255 e. The third kappa shape index (κ3) is 4.54. The predicted molar refractivity (Wildman–Crippen MR) is 129 cm³/mol. The molecule has 5 rings (SSSR count). The van der Waals surface area contributed by atoms with Gasteiger partial charge in [-0.1, -0.05) is 6.07 Å². The van der Waals surface area contributed by atoms with Crippen LogP contribution in [0.25, 0.3) is 11.3 Å². The molecule has 4 heterocycles. The van der Waals surface area contributed by atoms with Crippen LogP contribution in [0, 0.1) is 5.82 Å². The van der Waals surface area contributed by atoms with Gasteiger partial charge >= 0.3 is 0 Å². The van der Waals surface area contributed by atoms with E-state index in [-0.39, 0.29) is 17.7 Å². The number of nitrogens with zero attached hydrogens (tertiary/aromatic N) is 2. The molecule has 0 spiro atoms. The zero-order valence-electron chi connectivity index (χ0n) is 19.7. The number of ether oxygens (including phenoxy) is 3. The number of anilines is 2. The van der Waals surface area contributed by atoms with Crippen LogP contribution in [0.4, 0.5) is 15.8 Å². The normalized spacial score (nSPS) is 18.0. The second-order valence-corrected chi connectivity index (χ2v) is 8.57. The summed E-state index contributed by atoms with van der Waals surface area (Å²) in [5.41, 5.74) is 3.61. The van der Waals surface area contributed by atoms with Crippen molar-refractivity contribution in [2.45, 2.75) is 12.5 Å². The smallest absolute Gasteiger partial charge is 0.255 e. The molecule has 0 radical (unpaired) electrons. The minimum atomic E-state index is -0.500. The Bertz CT molecular complexity index is 1230. The molecule has 3 N–H and O–H groups in total. The molecule has 9 nitrogen and oxygen atoms in total. The van der Waals surface area contributed by atoms with Gasteiger partial charge in [0.15, 0.2) is 11.6 Å². The van der Waals surface area contributed by atoms with Gasteiger partial charge in [-0.2, -0.15) is 0 Å². The van der Waals surface area contributed by atoms with E-state index in [1.165, 1.54) is 13.2 Å². The Balaban J connectivity index is 1.55. The SMILES string of the molecule is COc1c(F)cccc1Nc1c(-c2ccncc2OCC2COCCN2C)[nH]c2c1C(=O)NCC2. The quantitative estimate of drug-likeness (QED) is 0.477. The van der Waals surface area contributed by atoms with Crippen molar-refractivity contribution in [2.24, 2.45) is 0 Å². The first kappa shape index (κ1) is 23.1. The van der Waals surface area contributed by atoms with Crippen molar-refractivity contribution in [1.82, 2.24) is 20.2 Å². The van der Waals surface area contributed by atoms with Gasteiger partial charge in [-0.25, -0.2) is 4.39 Å². The zero-order chi connectivity index (χ0) is 24.4. The number of carbonyl (C=O) groups is 1. The van der Waals surface area contributed by atoms with Crippen molar-refractivity contribution in [3.05, 3.63) is 53.7 Å². The summed E-state index contributed by atoms with van der Waals surface area (Å²) in [6, 6.07) is 6.57. The Hall–Kier alpha value is -3.63. The van der Waals surface area contributed by atoms with E-state index in [1.807, 2.05) is 13.1 Å². The number of likely N-dealkylation sites (N-methyl/N-ethyl adjacent to an activating group) is 1. The number of carbonyl (C=O) groups excluding carboxylic acids is 1. The molecule has 0 bridgehead atoms. The van der Waals surface area contributed by atoms with E-state index in [9.17, 15) is 9.18 Å². The molecule has 35 heavy (non-hydrogen) atoms. The summed E-state index contributed by atoms with van der Waals surface area (Å²) in [7, 11) is 3.46. The van der Waals surface area contributed by atoms with Gasteiger partial charge in [-0.3, -0.25) is 14.7 Å². The number of halogens is 1. The Kier molecular flexibility index (Phi) is 6.56. The maximum absolute atomic E-state index is 14.4. The molecular formula is C25H28FN5O4. The Morgan fingerprint density at radius 3 is 3.06 bits per heavy atom. The van der Waals surface area contributed by atoms with E-state index in [1.54, 1.807) is 24.5 Å². The maximum atomic E-state index is 14.4. The summed E-state index contributed by atoms with van der Waals surface area (Å²) in [6.07, 6.45) is 3.97. The second kappa shape index (κ2) is 9.93. The van der Waals surface area contributed by atoms with Gasteiger partial charge < -0.3 is 29.8 Å². The second-order valence-electron chi connectivity index (χ2n) is 8.57. The molecule has 1 aromatic carbocycles. The summed E-state index contributed by atoms with van der Waals surface area (Å²) in [5, 5.41) is 6.14. The highest BCUT2D eigenvalue weighted by atomic mass is 19.1. The van der Waals surface area contributed by atoms with E-state index in [0.29, 0.717) is 61.2 Å². The van der Waals surface area contributed by atoms with Gasteiger partial charge in [0.2, 0.25) is 0 Å². The molecular weight excluding hydrogens is 453 g/mol. The number of fused-ring (bicyclic) bond motifs is 1. The van der Waals surface area contributed by atoms with Crippen molar-refractivity contribution in [2.75, 3.05) is 52.4 Å². The van der Waals surface area contributed by atoms with E-state index in [0.717, 1.165) is 17.8 Å². The monoisotopic (exact) mass is 481 g/mol. The number of aromatic amines is 1. The Morgan fingerprint density at radius 2 is 2.23 bits per heavy atom. The molecule has 1 atom stereocenters. The molecule has 184 valence electrons. The first-order valence-corrected chi connectivity index (χ1v) is 11.5. The van der Waals surface area contributed by atoms with Gasteiger partial charge in [0.25, 0.3) is 5.91 Å². The van der Waals surface area contributed by atoms with Gasteiger partial charge in [-0.05, 0) is 25.2 Å². The van der Waals surface area contributed by atoms with E-state index >= 15 is 0 Å². The topological polar surface area (TPSA) is 101 Å². The lowest BCUT2D eigenvalue weighted by molar-refractivity contribution is -0.0107. The van der Waals surface area contributed by atoms with Crippen LogP contribution in [0.1, 0.15) is 16.1 Å². The number of para-hydroxylation sites is 1. The summed E-state index contributed by atoms with van der Waals surface area (Å²) >= 11 is 0. The number of benzene rings is 1. The third-order valence-corrected chi connectivity index (χ3v) is 6.40. The lowest BCUT2D eigenvalue weighted by Gasteiger charge is -2.32. The van der Waals surface area contributed by atoms with Crippen LogP contribution < -0.4 is 20.1 Å². The van der Waals surface area contributed by atoms with E-state index in [2.05, 4.69) is 25.5 Å². The minimum absolute atomic E-state index is 0.0659. The van der Waals surface area contributed by atoms with Crippen molar-refractivity contribution in [1.29, 1.82) is 0 Å². The van der Waals surface area contributed by atoms with Crippen molar-refractivity contribution in [3.63, 3.8) is 0 Å². The zero-order valence-corrected chi connectivity index (χ0v) is 19.7. The molecule has 1 saturated heterocycles. The molecule has 1 unspecified atom stereocenters. The van der Waals surface area contributed by atoms with Crippen LogP contribution in [-0.4, -0.2) is 73.9 Å². The average molecular weight is 482 g/mol. The van der Waals surface area contributed by atoms with Crippen molar-refractivity contribution in [3.8, 4) is 22.8 Å². The standard InChI is InChI=1S/C25H28FN5O4/c1-31-10-11-34-13-15(31)14-35-20-12-27-8-6-16(20)22-23(21-18(29-22)7-9-28-25(21)32)30-19-5-3-4-17(26)24(19)33-2/h3-6,8,12,15,29-30H,7,9-11,13-14H2,1-2H3,(H,28,32). The van der Waals surface area contributed by atoms with E-state index in [4.69, 9.17) is 14.2 Å². The minimum Gasteiger partial charge on any atom is -0.492 e. The molecule has 2 aromatic heterocycles. The molecule has 3 aromatic rings. The average Bonchev–Trinajstić information content (AvgIpc) is 3.23. The van der Waals surface area contributed by atoms with Gasteiger partial charge in [0, 0.05) is 37.0 Å². The highest BCUT2D eigenvalue weighted by molar-refractivity contribution is 6.06. The summed E-state index contributed by atoms with van der Waals surface area (Å²) in [4.78, 5) is 22.7. The third-order valence-electron chi connectivity index (χ3n) is 6.40. The highest BCUT2D eigenvalue weighted by Crippen LogP contribution is 2.42. The van der Waals surface area contributed by atoms with Crippen molar-refractivity contribution < 1.29 is 23.4 Å². The lowest BCUT2D eigenvalue weighted by atomic mass is 10.0. The number of nitrogens with one attached hydrogen (secondary N) is 3. The van der Waals surface area contributed by atoms with Gasteiger partial charge in [-0.15, -0.1) is 0 Å². The number of amides is 1. The molecule has 10 heteroatoms. The number of hydrogen-bond donors (Lipinski definition) is 3. The molecule has 2 aliphatic heterocycles. The summed E-state index contributed by atoms with van der Waals surface area (Å²) in [5.74, 6) is -0.0697. The van der Waals surface area contributed by atoms with Crippen LogP contribution in [0.2, 0.25) is 0 Å². The fraction of sp³-hybridized carbons (Fsp3) is 0.360. The number of H-pyrrole nitrogens is 1. The van der Waals surface area contributed by atoms with E-state index < -0.39 is 5.82 Å². The molecule has 0 aliphatic carbocycles. The first-order chi connectivity index (χ1) is 17.1. The Labute approximate surface area is 202 Å². The first-order valence-electron chi connectivity index (χ1n) is 11.5. The number of aromatic nitrogens is 2. The number of hydrogen-bond acceptors (Lipinski definition) is 7. The molecule has 1 amide bonds. The van der Waals surface area contributed by atoms with Gasteiger partial charge in [0.1, 0.15) is 12.4 Å². The molecule has 0 saturated carbocycles. The number of morpholine rings is 1. The lowest BCUT2D eigenvalue weighted by Crippen LogP contribution is -2.46. The van der Waals surface area contributed by atoms with Crippen molar-refractivity contribution >= 4 is 17.3 Å². The molecule has 2 aliphatic rings. The van der Waals surface area contributed by atoms with Crippen LogP contribution in [0.5, 0.6) is 11.5 Å². The summed E-state index contributed by atoms with van der Waals surface area (Å²) in [6.45, 7) is 3.10. The van der Waals surface area contributed by atoms with Crippen LogP contribution in [0.3, 0.4) is 0 Å². The van der Waals surface area contributed by atoms with Crippen LogP contribution in [-0.2, 0) is 11.2 Å².